The Balaban J connectivity index is 2.05. The Hall–Kier alpha value is -1.60. The van der Waals surface area contributed by atoms with Gasteiger partial charge in [0.25, 0.3) is 0 Å². The van der Waals surface area contributed by atoms with E-state index in [2.05, 4.69) is 4.98 Å². The summed E-state index contributed by atoms with van der Waals surface area (Å²) in [6, 6.07) is 6.78. The van der Waals surface area contributed by atoms with Crippen LogP contribution < -0.4 is 4.74 Å². The number of ether oxygens (including phenoxy) is 1. The summed E-state index contributed by atoms with van der Waals surface area (Å²) in [6.07, 6.45) is -4.43. The third-order valence-corrected chi connectivity index (χ3v) is 3.16. The molecular formula is C12H10F3NO2S. The van der Waals surface area contributed by atoms with Crippen LogP contribution in [0.1, 0.15) is 16.3 Å². The molecule has 1 aromatic heterocycles. The lowest BCUT2D eigenvalue weighted by Gasteiger charge is -2.08. The molecule has 1 aromatic carbocycles. The van der Waals surface area contributed by atoms with Gasteiger partial charge in [0.05, 0.1) is 6.61 Å². The van der Waals surface area contributed by atoms with E-state index in [1.807, 2.05) is 0 Å². The maximum Gasteiger partial charge on any atom is 0.434 e. The Morgan fingerprint density at radius 3 is 2.63 bits per heavy atom. The summed E-state index contributed by atoms with van der Waals surface area (Å²) in [4.78, 5) is 3.46. The smallest absolute Gasteiger partial charge is 0.434 e. The van der Waals surface area contributed by atoms with Gasteiger partial charge in [0.1, 0.15) is 17.4 Å². The van der Waals surface area contributed by atoms with E-state index in [1.54, 1.807) is 24.3 Å². The fourth-order valence-electron chi connectivity index (χ4n) is 1.42. The second-order valence-corrected chi connectivity index (χ2v) is 4.62. The number of aromatic nitrogens is 1. The standard InChI is InChI=1S/C12H10F3NO2S/c13-12(14,15)10-7-19-11(16-10)6-18-9-4-2-1-3-8(9)5-17/h1-4,7,17H,5-6H2. The summed E-state index contributed by atoms with van der Waals surface area (Å²) in [5, 5.41) is 10.3. The van der Waals surface area contributed by atoms with Crippen molar-refractivity contribution in [1.29, 1.82) is 0 Å². The molecule has 2 aromatic rings. The number of thiazole rings is 1. The largest absolute Gasteiger partial charge is 0.486 e. The van der Waals surface area contributed by atoms with Crippen molar-refractivity contribution in [3.63, 3.8) is 0 Å². The minimum Gasteiger partial charge on any atom is -0.486 e. The Morgan fingerprint density at radius 1 is 1.26 bits per heavy atom. The summed E-state index contributed by atoms with van der Waals surface area (Å²) in [5.74, 6) is 0.439. The first-order chi connectivity index (χ1) is 9.00. The number of hydrogen-bond acceptors (Lipinski definition) is 4. The van der Waals surface area contributed by atoms with Crippen LogP contribution in [0.25, 0.3) is 0 Å². The van der Waals surface area contributed by atoms with Crippen LogP contribution in [0, 0.1) is 0 Å². The monoisotopic (exact) mass is 289 g/mol. The van der Waals surface area contributed by atoms with Crippen LogP contribution in [0.2, 0.25) is 0 Å². The molecule has 102 valence electrons. The Labute approximate surface area is 111 Å². The quantitative estimate of drug-likeness (QED) is 0.939. The van der Waals surface area contributed by atoms with Crippen molar-refractivity contribution in [2.24, 2.45) is 0 Å². The van der Waals surface area contributed by atoms with Gasteiger partial charge in [-0.3, -0.25) is 0 Å². The number of hydrogen-bond donors (Lipinski definition) is 1. The van der Waals surface area contributed by atoms with Gasteiger partial charge in [0.15, 0.2) is 5.69 Å². The zero-order valence-corrected chi connectivity index (χ0v) is 10.5. The topological polar surface area (TPSA) is 42.4 Å². The average molecular weight is 289 g/mol. The average Bonchev–Trinajstić information content (AvgIpc) is 2.85. The number of benzene rings is 1. The second kappa shape index (κ2) is 5.58. The molecule has 0 fully saturated rings. The van der Waals surface area contributed by atoms with E-state index in [1.165, 1.54) is 0 Å². The first-order valence-electron chi connectivity index (χ1n) is 5.34. The lowest BCUT2D eigenvalue weighted by atomic mass is 10.2. The van der Waals surface area contributed by atoms with E-state index < -0.39 is 11.9 Å². The van der Waals surface area contributed by atoms with E-state index in [4.69, 9.17) is 9.84 Å². The second-order valence-electron chi connectivity index (χ2n) is 3.68. The fourth-order valence-corrected chi connectivity index (χ4v) is 2.13. The SMILES string of the molecule is OCc1ccccc1OCc1nc(C(F)(F)F)cs1. The van der Waals surface area contributed by atoms with Crippen molar-refractivity contribution in [3.05, 3.63) is 45.9 Å². The predicted molar refractivity (Wildman–Crippen MR) is 63.8 cm³/mol. The number of para-hydroxylation sites is 1. The summed E-state index contributed by atoms with van der Waals surface area (Å²) in [5.41, 5.74) is -0.332. The van der Waals surface area contributed by atoms with Crippen LogP contribution in [-0.4, -0.2) is 10.1 Å². The number of halogens is 3. The molecule has 0 atom stereocenters. The normalized spacial score (nSPS) is 11.6. The molecule has 19 heavy (non-hydrogen) atoms. The first-order valence-corrected chi connectivity index (χ1v) is 6.22. The van der Waals surface area contributed by atoms with E-state index in [9.17, 15) is 13.2 Å². The van der Waals surface area contributed by atoms with Gasteiger partial charge in [-0.1, -0.05) is 18.2 Å². The summed E-state index contributed by atoms with van der Waals surface area (Å²) >= 11 is 0.891. The van der Waals surface area contributed by atoms with Gasteiger partial charge in [-0.05, 0) is 6.07 Å². The number of alkyl halides is 3. The molecule has 0 aliphatic rings. The Bertz CT molecular complexity index is 554. The maximum atomic E-state index is 12.4. The zero-order chi connectivity index (χ0) is 13.9. The Morgan fingerprint density at radius 2 is 2.00 bits per heavy atom. The summed E-state index contributed by atoms with van der Waals surface area (Å²) in [7, 11) is 0. The third kappa shape index (κ3) is 3.45. The lowest BCUT2D eigenvalue weighted by molar-refractivity contribution is -0.140. The molecule has 0 radical (unpaired) electrons. The molecular weight excluding hydrogens is 279 g/mol. The van der Waals surface area contributed by atoms with Crippen molar-refractivity contribution in [1.82, 2.24) is 4.98 Å². The molecule has 0 saturated heterocycles. The highest BCUT2D eigenvalue weighted by atomic mass is 32.1. The number of aliphatic hydroxyl groups is 1. The molecule has 0 bridgehead atoms. The molecule has 0 spiro atoms. The highest BCUT2D eigenvalue weighted by molar-refractivity contribution is 7.09. The summed E-state index contributed by atoms with van der Waals surface area (Å²) < 4.78 is 42.4. The fraction of sp³-hybridized carbons (Fsp3) is 0.250. The molecule has 0 saturated carbocycles. The van der Waals surface area contributed by atoms with Crippen LogP contribution in [0.4, 0.5) is 13.2 Å². The van der Waals surface area contributed by atoms with Crippen molar-refractivity contribution in [2.75, 3.05) is 0 Å². The molecule has 2 rings (SSSR count). The molecule has 1 heterocycles. The highest BCUT2D eigenvalue weighted by Crippen LogP contribution is 2.30. The Kier molecular flexibility index (Phi) is 4.06. The zero-order valence-electron chi connectivity index (χ0n) is 9.65. The van der Waals surface area contributed by atoms with Crippen LogP contribution in [0.5, 0.6) is 5.75 Å². The van der Waals surface area contributed by atoms with Gasteiger partial charge in [0, 0.05) is 10.9 Å². The molecule has 3 nitrogen and oxygen atoms in total. The third-order valence-electron chi connectivity index (χ3n) is 2.34. The minimum atomic E-state index is -4.43. The first kappa shape index (κ1) is 13.8. The predicted octanol–water partition coefficient (Wildman–Crippen LogP) is 3.23. The van der Waals surface area contributed by atoms with Crippen LogP contribution >= 0.6 is 11.3 Å². The molecule has 0 amide bonds. The molecule has 1 N–H and O–H groups in total. The van der Waals surface area contributed by atoms with E-state index >= 15 is 0 Å². The van der Waals surface area contributed by atoms with Gasteiger partial charge < -0.3 is 9.84 Å². The molecule has 7 heteroatoms. The van der Waals surface area contributed by atoms with Gasteiger partial charge >= 0.3 is 6.18 Å². The van der Waals surface area contributed by atoms with Crippen molar-refractivity contribution >= 4 is 11.3 Å². The number of aliphatic hydroxyl groups excluding tert-OH is 1. The van der Waals surface area contributed by atoms with Gasteiger partial charge in [-0.25, -0.2) is 4.98 Å². The minimum absolute atomic E-state index is 0.0578. The van der Waals surface area contributed by atoms with E-state index in [0.717, 1.165) is 16.7 Å². The molecule has 0 aliphatic carbocycles. The van der Waals surface area contributed by atoms with Crippen molar-refractivity contribution < 1.29 is 23.0 Å². The van der Waals surface area contributed by atoms with Crippen LogP contribution in [0.15, 0.2) is 29.6 Å². The van der Waals surface area contributed by atoms with Crippen LogP contribution in [0.3, 0.4) is 0 Å². The van der Waals surface area contributed by atoms with E-state index in [0.29, 0.717) is 11.3 Å². The maximum absolute atomic E-state index is 12.4. The highest BCUT2D eigenvalue weighted by Gasteiger charge is 2.33. The van der Waals surface area contributed by atoms with E-state index in [-0.39, 0.29) is 18.2 Å². The van der Waals surface area contributed by atoms with Crippen molar-refractivity contribution in [3.8, 4) is 5.75 Å². The van der Waals surface area contributed by atoms with Crippen molar-refractivity contribution in [2.45, 2.75) is 19.4 Å². The summed E-state index contributed by atoms with van der Waals surface area (Å²) in [6.45, 7) is -0.250. The number of nitrogens with zero attached hydrogens (tertiary/aromatic N) is 1. The molecule has 0 aliphatic heterocycles. The van der Waals surface area contributed by atoms with Gasteiger partial charge in [-0.15, -0.1) is 11.3 Å². The van der Waals surface area contributed by atoms with Gasteiger partial charge in [-0.2, -0.15) is 13.2 Å². The molecule has 0 unspecified atom stereocenters. The van der Waals surface area contributed by atoms with Crippen LogP contribution in [-0.2, 0) is 19.4 Å². The lowest BCUT2D eigenvalue weighted by Crippen LogP contribution is -2.06. The van der Waals surface area contributed by atoms with Gasteiger partial charge in [0.2, 0.25) is 0 Å². The number of rotatable bonds is 4.